The number of carbonyl (C=O) groups excluding carboxylic acids is 1. The predicted molar refractivity (Wildman–Crippen MR) is 76.0 cm³/mol. The third-order valence-corrected chi connectivity index (χ3v) is 3.76. The summed E-state index contributed by atoms with van der Waals surface area (Å²) in [5.41, 5.74) is 0.280. The molecule has 0 aliphatic carbocycles. The number of hydrogen-bond donors (Lipinski definition) is 2. The molecule has 0 aromatic heterocycles. The standard InChI is InChI=1S/C12H14F2N2OS.ClH/c13-10-2-1-8(5-11(10)14)16-12(17)6-9-7-18-4-3-15-9;/h1-2,5,9,15H,3-4,6-7H2,(H,16,17);1H. The molecular formula is C12H15ClF2N2OS. The Morgan fingerprint density at radius 2 is 2.21 bits per heavy atom. The first-order valence-electron chi connectivity index (χ1n) is 5.71. The molecule has 1 atom stereocenters. The number of thioether (sulfide) groups is 1. The zero-order valence-corrected chi connectivity index (χ0v) is 11.8. The molecule has 1 fully saturated rings. The van der Waals surface area contributed by atoms with Crippen LogP contribution in [0.15, 0.2) is 18.2 Å². The Kier molecular flexibility index (Phi) is 6.54. The van der Waals surface area contributed by atoms with Crippen LogP contribution in [0.5, 0.6) is 0 Å². The fourth-order valence-electron chi connectivity index (χ4n) is 1.76. The third-order valence-electron chi connectivity index (χ3n) is 2.63. The third kappa shape index (κ3) is 4.97. The molecule has 19 heavy (non-hydrogen) atoms. The number of hydrogen-bond acceptors (Lipinski definition) is 3. The van der Waals surface area contributed by atoms with E-state index in [0.29, 0.717) is 6.42 Å². The number of carbonyl (C=O) groups is 1. The number of anilines is 1. The highest BCUT2D eigenvalue weighted by atomic mass is 35.5. The van der Waals surface area contributed by atoms with E-state index in [1.165, 1.54) is 6.07 Å². The van der Waals surface area contributed by atoms with Gasteiger partial charge >= 0.3 is 0 Å². The van der Waals surface area contributed by atoms with E-state index in [2.05, 4.69) is 10.6 Å². The largest absolute Gasteiger partial charge is 0.326 e. The van der Waals surface area contributed by atoms with Crippen LogP contribution in [0.1, 0.15) is 6.42 Å². The van der Waals surface area contributed by atoms with E-state index in [1.54, 1.807) is 11.8 Å². The number of benzene rings is 1. The zero-order valence-electron chi connectivity index (χ0n) is 10.1. The number of halogens is 3. The molecule has 1 unspecified atom stereocenters. The maximum atomic E-state index is 12.9. The van der Waals surface area contributed by atoms with Gasteiger partial charge in [-0.05, 0) is 12.1 Å². The first-order chi connectivity index (χ1) is 8.65. The van der Waals surface area contributed by atoms with Gasteiger partial charge in [0.2, 0.25) is 5.91 Å². The molecule has 1 amide bonds. The lowest BCUT2D eigenvalue weighted by atomic mass is 10.2. The second-order valence-electron chi connectivity index (χ2n) is 4.11. The summed E-state index contributed by atoms with van der Waals surface area (Å²) < 4.78 is 25.7. The summed E-state index contributed by atoms with van der Waals surface area (Å²) in [7, 11) is 0. The van der Waals surface area contributed by atoms with E-state index >= 15 is 0 Å². The van der Waals surface area contributed by atoms with Crippen molar-refractivity contribution in [2.75, 3.05) is 23.4 Å². The van der Waals surface area contributed by atoms with Crippen LogP contribution in [-0.4, -0.2) is 30.0 Å². The predicted octanol–water partition coefficient (Wildman–Crippen LogP) is 2.42. The van der Waals surface area contributed by atoms with Gasteiger partial charge in [-0.2, -0.15) is 11.8 Å². The molecule has 0 radical (unpaired) electrons. The zero-order chi connectivity index (χ0) is 13.0. The maximum absolute atomic E-state index is 12.9. The van der Waals surface area contributed by atoms with E-state index in [-0.39, 0.29) is 30.0 Å². The highest BCUT2D eigenvalue weighted by Crippen LogP contribution is 2.15. The van der Waals surface area contributed by atoms with E-state index < -0.39 is 11.6 Å². The van der Waals surface area contributed by atoms with Gasteiger partial charge in [-0.3, -0.25) is 4.79 Å². The van der Waals surface area contributed by atoms with Gasteiger partial charge in [-0.1, -0.05) is 0 Å². The average molecular weight is 309 g/mol. The second kappa shape index (κ2) is 7.67. The summed E-state index contributed by atoms with van der Waals surface area (Å²) in [6.45, 7) is 0.897. The van der Waals surface area contributed by atoms with Crippen LogP contribution in [0.4, 0.5) is 14.5 Å². The average Bonchev–Trinajstić information content (AvgIpc) is 2.35. The van der Waals surface area contributed by atoms with Gasteiger partial charge in [-0.15, -0.1) is 12.4 Å². The Labute approximate surface area is 120 Å². The van der Waals surface area contributed by atoms with Crippen LogP contribution >= 0.6 is 24.2 Å². The monoisotopic (exact) mass is 308 g/mol. The molecule has 0 spiro atoms. The Morgan fingerprint density at radius 3 is 2.84 bits per heavy atom. The van der Waals surface area contributed by atoms with Gasteiger partial charge in [-0.25, -0.2) is 8.78 Å². The van der Waals surface area contributed by atoms with Crippen LogP contribution in [-0.2, 0) is 4.79 Å². The Hall–Kier alpha value is -0.850. The molecule has 1 saturated heterocycles. The minimum atomic E-state index is -0.959. The highest BCUT2D eigenvalue weighted by molar-refractivity contribution is 7.99. The molecule has 0 saturated carbocycles. The smallest absolute Gasteiger partial charge is 0.225 e. The SMILES string of the molecule is Cl.O=C(CC1CSCCN1)Nc1ccc(F)c(F)c1. The molecule has 7 heteroatoms. The minimum Gasteiger partial charge on any atom is -0.326 e. The fourth-order valence-corrected chi connectivity index (χ4v) is 2.71. The van der Waals surface area contributed by atoms with Crippen LogP contribution in [0, 0.1) is 11.6 Å². The lowest BCUT2D eigenvalue weighted by molar-refractivity contribution is -0.116. The van der Waals surface area contributed by atoms with Crippen molar-refractivity contribution in [3.63, 3.8) is 0 Å². The van der Waals surface area contributed by atoms with E-state index in [0.717, 1.165) is 30.2 Å². The van der Waals surface area contributed by atoms with Gasteiger partial charge in [0.1, 0.15) is 0 Å². The number of amides is 1. The van der Waals surface area contributed by atoms with Gasteiger partial charge in [0.25, 0.3) is 0 Å². The quantitative estimate of drug-likeness (QED) is 0.901. The first-order valence-corrected chi connectivity index (χ1v) is 6.86. The Morgan fingerprint density at radius 1 is 1.42 bits per heavy atom. The molecule has 2 N–H and O–H groups in total. The Balaban J connectivity index is 0.00000180. The summed E-state index contributed by atoms with van der Waals surface area (Å²) in [4.78, 5) is 11.7. The maximum Gasteiger partial charge on any atom is 0.225 e. The highest BCUT2D eigenvalue weighted by Gasteiger charge is 2.16. The molecule has 1 aliphatic rings. The van der Waals surface area contributed by atoms with Gasteiger partial charge in [0, 0.05) is 42.3 Å². The van der Waals surface area contributed by atoms with Crippen molar-refractivity contribution < 1.29 is 13.6 Å². The van der Waals surface area contributed by atoms with Crippen LogP contribution < -0.4 is 10.6 Å². The van der Waals surface area contributed by atoms with Gasteiger partial charge in [0.15, 0.2) is 11.6 Å². The summed E-state index contributed by atoms with van der Waals surface area (Å²) in [6.07, 6.45) is 0.339. The lowest BCUT2D eigenvalue weighted by Crippen LogP contribution is -2.39. The Bertz CT molecular complexity index is 442. The number of nitrogens with one attached hydrogen (secondary N) is 2. The second-order valence-corrected chi connectivity index (χ2v) is 5.26. The van der Waals surface area contributed by atoms with Crippen molar-refractivity contribution in [1.82, 2.24) is 5.32 Å². The van der Waals surface area contributed by atoms with Crippen molar-refractivity contribution in [3.8, 4) is 0 Å². The van der Waals surface area contributed by atoms with E-state index in [1.807, 2.05) is 0 Å². The van der Waals surface area contributed by atoms with Gasteiger partial charge in [0.05, 0.1) is 0 Å². The summed E-state index contributed by atoms with van der Waals surface area (Å²) in [6, 6.07) is 3.48. The van der Waals surface area contributed by atoms with Crippen molar-refractivity contribution in [2.45, 2.75) is 12.5 Å². The van der Waals surface area contributed by atoms with Crippen LogP contribution in [0.2, 0.25) is 0 Å². The van der Waals surface area contributed by atoms with Crippen molar-refractivity contribution in [1.29, 1.82) is 0 Å². The molecular weight excluding hydrogens is 294 g/mol. The fraction of sp³-hybridized carbons (Fsp3) is 0.417. The molecule has 1 aromatic rings. The summed E-state index contributed by atoms with van der Waals surface area (Å²) in [5, 5.41) is 5.80. The van der Waals surface area contributed by atoms with Crippen molar-refractivity contribution >= 4 is 35.8 Å². The lowest BCUT2D eigenvalue weighted by Gasteiger charge is -2.22. The van der Waals surface area contributed by atoms with E-state index in [9.17, 15) is 13.6 Å². The molecule has 0 bridgehead atoms. The molecule has 106 valence electrons. The van der Waals surface area contributed by atoms with Crippen LogP contribution in [0.25, 0.3) is 0 Å². The van der Waals surface area contributed by atoms with E-state index in [4.69, 9.17) is 0 Å². The summed E-state index contributed by atoms with van der Waals surface area (Å²) >= 11 is 1.80. The van der Waals surface area contributed by atoms with Gasteiger partial charge < -0.3 is 10.6 Å². The summed E-state index contributed by atoms with van der Waals surface area (Å²) in [5.74, 6) is -0.120. The molecule has 3 nitrogen and oxygen atoms in total. The molecule has 1 aromatic carbocycles. The molecule has 1 heterocycles. The first kappa shape index (κ1) is 16.2. The normalized spacial score (nSPS) is 18.5. The molecule has 2 rings (SSSR count). The van der Waals surface area contributed by atoms with Crippen LogP contribution in [0.3, 0.4) is 0 Å². The topological polar surface area (TPSA) is 41.1 Å². The van der Waals surface area contributed by atoms with Crippen molar-refractivity contribution in [2.24, 2.45) is 0 Å². The van der Waals surface area contributed by atoms with Crippen molar-refractivity contribution in [3.05, 3.63) is 29.8 Å². The minimum absolute atomic E-state index is 0. The molecule has 1 aliphatic heterocycles. The number of rotatable bonds is 3.